The number of piperidine rings is 1. The molecular formula is C9H15ClFN3. The van der Waals surface area contributed by atoms with E-state index in [1.807, 2.05) is 6.92 Å². The molecular weight excluding hydrogens is 205 g/mol. The maximum atomic E-state index is 12.1. The molecule has 3 nitrogen and oxygen atoms in total. The van der Waals surface area contributed by atoms with Gasteiger partial charge in [0, 0.05) is 12.1 Å². The number of aromatic amines is 1. The Balaban J connectivity index is 0.000000140. The number of rotatable bonds is 0. The minimum absolute atomic E-state index is 0.569. The highest BCUT2D eigenvalue weighted by atomic mass is 35.5. The molecule has 14 heavy (non-hydrogen) atoms. The quantitative estimate of drug-likeness (QED) is 0.702. The first-order valence-electron chi connectivity index (χ1n) is 4.70. The summed E-state index contributed by atoms with van der Waals surface area (Å²) in [5, 5.41) is 9.83. The molecule has 2 N–H and O–H groups in total. The third-order valence-corrected chi connectivity index (χ3v) is 2.39. The van der Waals surface area contributed by atoms with Crippen molar-refractivity contribution in [2.24, 2.45) is 0 Å². The second-order valence-corrected chi connectivity index (χ2v) is 3.69. The number of alkyl halides is 1. The Morgan fingerprint density at radius 1 is 1.64 bits per heavy atom. The van der Waals surface area contributed by atoms with E-state index in [2.05, 4.69) is 15.5 Å². The van der Waals surface area contributed by atoms with Gasteiger partial charge in [-0.25, -0.2) is 4.39 Å². The van der Waals surface area contributed by atoms with Crippen molar-refractivity contribution in [1.82, 2.24) is 15.5 Å². The van der Waals surface area contributed by atoms with Gasteiger partial charge in [-0.2, -0.15) is 5.10 Å². The van der Waals surface area contributed by atoms with Crippen molar-refractivity contribution in [2.75, 3.05) is 13.1 Å². The highest BCUT2D eigenvalue weighted by molar-refractivity contribution is 6.30. The van der Waals surface area contributed by atoms with E-state index < -0.39 is 6.17 Å². The molecule has 1 aromatic rings. The van der Waals surface area contributed by atoms with E-state index in [9.17, 15) is 4.39 Å². The summed E-state index contributed by atoms with van der Waals surface area (Å²) in [5.74, 6) is 0. The average molecular weight is 220 g/mol. The number of nitrogens with one attached hydrogen (secondary N) is 2. The van der Waals surface area contributed by atoms with Gasteiger partial charge in [0.05, 0.1) is 6.20 Å². The van der Waals surface area contributed by atoms with E-state index in [1.165, 1.54) is 0 Å². The highest BCUT2D eigenvalue weighted by Gasteiger charge is 2.08. The molecule has 0 radical (unpaired) electrons. The van der Waals surface area contributed by atoms with Crippen molar-refractivity contribution in [2.45, 2.75) is 25.9 Å². The summed E-state index contributed by atoms with van der Waals surface area (Å²) in [6, 6.07) is 0. The number of aromatic nitrogens is 2. The molecule has 1 aromatic heterocycles. The molecule has 2 rings (SSSR count). The van der Waals surface area contributed by atoms with E-state index in [4.69, 9.17) is 11.6 Å². The van der Waals surface area contributed by atoms with Gasteiger partial charge in [0.25, 0.3) is 0 Å². The Kier molecular flexibility index (Phi) is 4.90. The molecule has 0 aliphatic carbocycles. The lowest BCUT2D eigenvalue weighted by Gasteiger charge is -2.14. The fourth-order valence-electron chi connectivity index (χ4n) is 1.14. The number of H-pyrrole nitrogens is 1. The normalized spacial score (nSPS) is 21.2. The SMILES string of the molecule is Cc1cn[nH]c1Cl.FC1CCCNC1. The molecule has 0 aromatic carbocycles. The van der Waals surface area contributed by atoms with Crippen LogP contribution < -0.4 is 5.32 Å². The van der Waals surface area contributed by atoms with Crippen LogP contribution in [0.5, 0.6) is 0 Å². The van der Waals surface area contributed by atoms with Crippen molar-refractivity contribution in [1.29, 1.82) is 0 Å². The Bertz CT molecular complexity index is 242. The molecule has 0 amide bonds. The van der Waals surface area contributed by atoms with Crippen molar-refractivity contribution in [3.8, 4) is 0 Å². The van der Waals surface area contributed by atoms with Crippen LogP contribution in [0.1, 0.15) is 18.4 Å². The number of nitrogens with zero attached hydrogens (tertiary/aromatic N) is 1. The first-order chi connectivity index (χ1) is 6.70. The average Bonchev–Trinajstić information content (AvgIpc) is 2.53. The van der Waals surface area contributed by atoms with Crippen molar-refractivity contribution in [3.05, 3.63) is 16.9 Å². The van der Waals surface area contributed by atoms with Crippen LogP contribution in [0.15, 0.2) is 6.20 Å². The summed E-state index contributed by atoms with van der Waals surface area (Å²) in [7, 11) is 0. The largest absolute Gasteiger partial charge is 0.314 e. The number of halogens is 2. The Morgan fingerprint density at radius 2 is 2.43 bits per heavy atom. The minimum atomic E-state index is -0.575. The van der Waals surface area contributed by atoms with Crippen molar-refractivity contribution < 1.29 is 4.39 Å². The standard InChI is InChI=1S/C5H10FN.C4H5ClN2/c6-5-2-1-3-7-4-5;1-3-2-6-7-4(3)5/h5,7H,1-4H2;2H,1H3,(H,6,7). The summed E-state index contributed by atoms with van der Waals surface area (Å²) >= 11 is 5.51. The molecule has 5 heteroatoms. The van der Waals surface area contributed by atoms with Crippen molar-refractivity contribution in [3.63, 3.8) is 0 Å². The van der Waals surface area contributed by atoms with E-state index in [0.717, 1.165) is 24.9 Å². The second-order valence-electron chi connectivity index (χ2n) is 3.31. The molecule has 0 bridgehead atoms. The molecule has 1 unspecified atom stereocenters. The number of hydrogen-bond donors (Lipinski definition) is 2. The lowest BCUT2D eigenvalue weighted by atomic mass is 10.1. The van der Waals surface area contributed by atoms with Gasteiger partial charge >= 0.3 is 0 Å². The molecule has 0 saturated carbocycles. The molecule has 80 valence electrons. The van der Waals surface area contributed by atoms with Crippen LogP contribution in [0.3, 0.4) is 0 Å². The summed E-state index contributed by atoms with van der Waals surface area (Å²) in [6.07, 6.45) is 2.87. The van der Waals surface area contributed by atoms with Gasteiger partial charge in [-0.05, 0) is 26.3 Å². The first-order valence-corrected chi connectivity index (χ1v) is 5.08. The molecule has 1 aliphatic rings. The van der Waals surface area contributed by atoms with E-state index in [-0.39, 0.29) is 0 Å². The maximum Gasteiger partial charge on any atom is 0.127 e. The first kappa shape index (κ1) is 11.5. The smallest absolute Gasteiger partial charge is 0.127 e. The van der Waals surface area contributed by atoms with E-state index >= 15 is 0 Å². The van der Waals surface area contributed by atoms with Crippen molar-refractivity contribution >= 4 is 11.6 Å². The molecule has 1 aliphatic heterocycles. The van der Waals surface area contributed by atoms with Gasteiger partial charge in [0.1, 0.15) is 11.3 Å². The summed E-state index contributed by atoms with van der Waals surface area (Å²) in [6.45, 7) is 3.46. The Morgan fingerprint density at radius 3 is 2.64 bits per heavy atom. The molecule has 2 heterocycles. The van der Waals surface area contributed by atoms with Crippen LogP contribution in [-0.2, 0) is 0 Å². The molecule has 1 atom stereocenters. The maximum absolute atomic E-state index is 12.1. The lowest BCUT2D eigenvalue weighted by Crippen LogP contribution is -2.30. The predicted molar refractivity (Wildman–Crippen MR) is 55.3 cm³/mol. The molecule has 0 spiro atoms. The third-order valence-electron chi connectivity index (χ3n) is 2.00. The zero-order chi connectivity index (χ0) is 10.4. The summed E-state index contributed by atoms with van der Waals surface area (Å²) < 4.78 is 12.1. The number of aryl methyl sites for hydroxylation is 1. The molecule has 1 fully saturated rings. The van der Waals surface area contributed by atoms with Crippen LogP contribution in [0.4, 0.5) is 4.39 Å². The van der Waals surface area contributed by atoms with Gasteiger partial charge in [-0.15, -0.1) is 0 Å². The molecule has 1 saturated heterocycles. The van der Waals surface area contributed by atoms with Gasteiger partial charge in [-0.3, -0.25) is 5.10 Å². The van der Waals surface area contributed by atoms with Crippen LogP contribution >= 0.6 is 11.6 Å². The van der Waals surface area contributed by atoms with E-state index in [0.29, 0.717) is 11.7 Å². The summed E-state index contributed by atoms with van der Waals surface area (Å²) in [4.78, 5) is 0. The minimum Gasteiger partial charge on any atom is -0.314 e. The topological polar surface area (TPSA) is 40.7 Å². The predicted octanol–water partition coefficient (Wildman–Crippen LogP) is 2.08. The van der Waals surface area contributed by atoms with Crippen LogP contribution in [-0.4, -0.2) is 29.5 Å². The fraction of sp³-hybridized carbons (Fsp3) is 0.667. The monoisotopic (exact) mass is 219 g/mol. The van der Waals surface area contributed by atoms with Crippen LogP contribution in [0.25, 0.3) is 0 Å². The van der Waals surface area contributed by atoms with Crippen LogP contribution in [0.2, 0.25) is 5.15 Å². The third kappa shape index (κ3) is 4.07. The van der Waals surface area contributed by atoms with Gasteiger partial charge in [-0.1, -0.05) is 11.6 Å². The Hall–Kier alpha value is -0.610. The Labute approximate surface area is 88.0 Å². The fourth-order valence-corrected chi connectivity index (χ4v) is 1.24. The highest BCUT2D eigenvalue weighted by Crippen LogP contribution is 2.06. The zero-order valence-electron chi connectivity index (χ0n) is 8.19. The van der Waals surface area contributed by atoms with Gasteiger partial charge in [0.2, 0.25) is 0 Å². The number of hydrogen-bond acceptors (Lipinski definition) is 2. The lowest BCUT2D eigenvalue weighted by molar-refractivity contribution is 0.266. The summed E-state index contributed by atoms with van der Waals surface area (Å²) in [5.41, 5.74) is 0.988. The van der Waals surface area contributed by atoms with E-state index in [1.54, 1.807) is 6.20 Å². The van der Waals surface area contributed by atoms with Gasteiger partial charge < -0.3 is 5.32 Å². The van der Waals surface area contributed by atoms with Gasteiger partial charge in [0.15, 0.2) is 0 Å². The second kappa shape index (κ2) is 5.98. The zero-order valence-corrected chi connectivity index (χ0v) is 8.94. The van der Waals surface area contributed by atoms with Crippen LogP contribution in [0, 0.1) is 6.92 Å².